The highest BCUT2D eigenvalue weighted by Gasteiger charge is 2.50. The quantitative estimate of drug-likeness (QED) is 0.143. The summed E-state index contributed by atoms with van der Waals surface area (Å²) in [6.07, 6.45) is 2.51. The van der Waals surface area contributed by atoms with Crippen LogP contribution in [0.3, 0.4) is 0 Å². The molecule has 2 aliphatic heterocycles. The number of ketones is 1. The first-order chi connectivity index (χ1) is 25.3. The molecular weight excluding hydrogens is 674 g/mol. The molecule has 4 rings (SSSR count). The molecule has 0 aromatic heterocycles. The molecule has 0 aliphatic carbocycles. The molecule has 2 aliphatic rings. The predicted molar refractivity (Wildman–Crippen MR) is 203 cm³/mol. The normalized spacial score (nSPS) is 19.5. The summed E-state index contributed by atoms with van der Waals surface area (Å²) in [5.41, 5.74) is 0.921. The highest BCUT2D eigenvalue weighted by atomic mass is 16.6. The average Bonchev–Trinajstić information content (AvgIpc) is 3.89. The fourth-order valence-electron chi connectivity index (χ4n) is 6.39. The van der Waals surface area contributed by atoms with Gasteiger partial charge in [-0.3, -0.25) is 28.9 Å². The molecule has 2 aromatic carbocycles. The van der Waals surface area contributed by atoms with Crippen molar-refractivity contribution in [2.45, 2.75) is 103 Å². The number of morpholine rings is 1. The minimum Gasteiger partial charge on any atom is -0.379 e. The van der Waals surface area contributed by atoms with Gasteiger partial charge in [0, 0.05) is 19.5 Å². The number of carbonyl (C=O) groups is 5. The summed E-state index contributed by atoms with van der Waals surface area (Å²) in [6.45, 7) is 12.5. The van der Waals surface area contributed by atoms with Crippen LogP contribution in [0, 0.1) is 11.8 Å². The van der Waals surface area contributed by atoms with Crippen LogP contribution in [-0.2, 0) is 46.3 Å². The third-order valence-electron chi connectivity index (χ3n) is 9.71. The molecule has 1 unspecified atom stereocenters. The Balaban J connectivity index is 1.51. The van der Waals surface area contributed by atoms with Crippen molar-refractivity contribution in [2.24, 2.45) is 11.8 Å². The summed E-state index contributed by atoms with van der Waals surface area (Å²) in [5.74, 6) is -1.61. The second-order valence-corrected chi connectivity index (χ2v) is 15.4. The molecule has 4 N–H and O–H groups in total. The zero-order chi connectivity index (χ0) is 38.4. The Kier molecular flexibility index (Phi) is 16.0. The number of epoxide rings is 1. The van der Waals surface area contributed by atoms with Crippen LogP contribution in [0.2, 0.25) is 0 Å². The van der Waals surface area contributed by atoms with E-state index in [0.29, 0.717) is 64.5 Å². The largest absolute Gasteiger partial charge is 0.379 e. The van der Waals surface area contributed by atoms with Gasteiger partial charge >= 0.3 is 0 Å². The lowest BCUT2D eigenvalue weighted by molar-refractivity contribution is -0.135. The first kappa shape index (κ1) is 41.6. The van der Waals surface area contributed by atoms with Gasteiger partial charge in [-0.05, 0) is 62.0 Å². The van der Waals surface area contributed by atoms with Crippen LogP contribution in [0.15, 0.2) is 60.7 Å². The van der Waals surface area contributed by atoms with Crippen LogP contribution in [0.4, 0.5) is 0 Å². The third kappa shape index (κ3) is 14.0. The van der Waals surface area contributed by atoms with Crippen LogP contribution in [0.5, 0.6) is 0 Å². The molecule has 2 aromatic rings. The molecular formula is C41H59N5O7. The number of benzene rings is 2. The number of amides is 4. The summed E-state index contributed by atoms with van der Waals surface area (Å²) in [7, 11) is 0. The Morgan fingerprint density at radius 1 is 0.679 bits per heavy atom. The number of carbonyl (C=O) groups excluding carboxylic acids is 5. The number of hydrogen-bond donors (Lipinski definition) is 4. The predicted octanol–water partition coefficient (Wildman–Crippen LogP) is 2.97. The fraction of sp³-hybridized carbons (Fsp3) is 0.585. The van der Waals surface area contributed by atoms with E-state index in [2.05, 4.69) is 35.1 Å². The smallest absolute Gasteiger partial charge is 0.243 e. The van der Waals surface area contributed by atoms with E-state index in [0.717, 1.165) is 17.5 Å². The maximum Gasteiger partial charge on any atom is 0.243 e. The van der Waals surface area contributed by atoms with Crippen LogP contribution < -0.4 is 21.3 Å². The first-order valence-corrected chi connectivity index (χ1v) is 19.1. The molecule has 0 saturated carbocycles. The van der Waals surface area contributed by atoms with Crippen molar-refractivity contribution in [3.8, 4) is 0 Å². The lowest BCUT2D eigenvalue weighted by Gasteiger charge is -2.29. The van der Waals surface area contributed by atoms with E-state index in [1.54, 1.807) is 6.92 Å². The molecule has 0 bridgehead atoms. The van der Waals surface area contributed by atoms with E-state index in [9.17, 15) is 24.0 Å². The van der Waals surface area contributed by atoms with Gasteiger partial charge in [-0.15, -0.1) is 0 Å². The molecule has 12 heteroatoms. The lowest BCUT2D eigenvalue weighted by Crippen LogP contribution is -2.59. The van der Waals surface area contributed by atoms with Gasteiger partial charge in [-0.25, -0.2) is 0 Å². The van der Waals surface area contributed by atoms with Crippen molar-refractivity contribution in [1.29, 1.82) is 0 Å². The lowest BCUT2D eigenvalue weighted by atomic mass is 9.93. The molecule has 290 valence electrons. The van der Waals surface area contributed by atoms with E-state index in [4.69, 9.17) is 9.47 Å². The van der Waals surface area contributed by atoms with E-state index in [1.807, 2.05) is 79.4 Å². The van der Waals surface area contributed by atoms with Gasteiger partial charge in [-0.2, -0.15) is 0 Å². The molecule has 2 fully saturated rings. The number of nitrogens with one attached hydrogen (secondary N) is 4. The molecule has 53 heavy (non-hydrogen) atoms. The number of Topliss-reactive ketones (excluding diaryl/α,β-unsaturated/α-hetero) is 1. The maximum absolute atomic E-state index is 14.1. The fourth-order valence-corrected chi connectivity index (χ4v) is 6.39. The summed E-state index contributed by atoms with van der Waals surface area (Å²) >= 11 is 0. The molecule has 2 saturated heterocycles. The summed E-state index contributed by atoms with van der Waals surface area (Å²) in [6, 6.07) is 15.4. The zero-order valence-electron chi connectivity index (χ0n) is 32.0. The second kappa shape index (κ2) is 20.4. The minimum absolute atomic E-state index is 0.0171. The summed E-state index contributed by atoms with van der Waals surface area (Å²) in [4.78, 5) is 70.7. The van der Waals surface area contributed by atoms with Gasteiger partial charge in [0.15, 0.2) is 5.78 Å². The van der Waals surface area contributed by atoms with E-state index in [-0.39, 0.29) is 30.6 Å². The Morgan fingerprint density at radius 3 is 1.81 bits per heavy atom. The van der Waals surface area contributed by atoms with Crippen molar-refractivity contribution in [1.82, 2.24) is 26.2 Å². The van der Waals surface area contributed by atoms with Crippen LogP contribution in [-0.4, -0.2) is 104 Å². The van der Waals surface area contributed by atoms with Crippen molar-refractivity contribution < 1.29 is 33.4 Å². The maximum atomic E-state index is 14.1. The molecule has 5 atom stereocenters. The second-order valence-electron chi connectivity index (χ2n) is 15.4. The Hall–Kier alpha value is -4.13. The zero-order valence-corrected chi connectivity index (χ0v) is 32.0. The standard InChI is InChI=1S/C41H59N5O7/c1-28(2)16-18-32(37(48)41(5)27-53-41)43-40(51)35(25-31-14-10-7-11-15-31)45-39(50)34(24-29(3)4)44-38(49)33(19-17-30-12-8-6-9-13-30)42-36(47)26-46-20-22-52-23-21-46/h6-15,28-29,32-35H,16-27H2,1-5H3,(H,42,47)(H,43,51)(H,44,49)(H,45,50)/t32-,33-,34?,35-,41+/m0/s1. The third-order valence-corrected chi connectivity index (χ3v) is 9.71. The van der Waals surface area contributed by atoms with Crippen LogP contribution in [0.1, 0.15) is 71.4 Å². The topological polar surface area (TPSA) is 158 Å². The van der Waals surface area contributed by atoms with Crippen LogP contribution in [0.25, 0.3) is 0 Å². The summed E-state index contributed by atoms with van der Waals surface area (Å²) < 4.78 is 10.8. The molecule has 0 spiro atoms. The number of hydrogen-bond acceptors (Lipinski definition) is 8. The molecule has 12 nitrogen and oxygen atoms in total. The Bertz CT molecular complexity index is 1490. The molecule has 4 amide bonds. The minimum atomic E-state index is -1.03. The number of aryl methyl sites for hydroxylation is 1. The van der Waals surface area contributed by atoms with Crippen molar-refractivity contribution in [3.63, 3.8) is 0 Å². The Labute approximate surface area is 314 Å². The first-order valence-electron chi connectivity index (χ1n) is 19.1. The van der Waals surface area contributed by atoms with Gasteiger partial charge in [0.05, 0.1) is 32.4 Å². The van der Waals surface area contributed by atoms with Crippen molar-refractivity contribution in [3.05, 3.63) is 71.8 Å². The number of rotatable bonds is 21. The van der Waals surface area contributed by atoms with Gasteiger partial charge < -0.3 is 30.7 Å². The Morgan fingerprint density at radius 2 is 1.23 bits per heavy atom. The van der Waals surface area contributed by atoms with Gasteiger partial charge in [0.1, 0.15) is 23.7 Å². The van der Waals surface area contributed by atoms with E-state index < -0.39 is 47.5 Å². The van der Waals surface area contributed by atoms with Crippen molar-refractivity contribution in [2.75, 3.05) is 39.5 Å². The van der Waals surface area contributed by atoms with E-state index in [1.165, 1.54) is 0 Å². The van der Waals surface area contributed by atoms with Crippen LogP contribution >= 0.6 is 0 Å². The number of ether oxygens (including phenoxy) is 2. The summed E-state index contributed by atoms with van der Waals surface area (Å²) in [5, 5.41) is 11.7. The SMILES string of the molecule is CC(C)CC[C@H](NC(=O)[C@H](Cc1ccccc1)NC(=O)C(CC(C)C)NC(=O)[C@H](CCc1ccccc1)NC(=O)CN1CCOCC1)C(=O)[C@@]1(C)CO1. The number of nitrogens with zero attached hydrogens (tertiary/aromatic N) is 1. The highest BCUT2D eigenvalue weighted by molar-refractivity contribution is 5.98. The van der Waals surface area contributed by atoms with Gasteiger partial charge in [0.2, 0.25) is 23.6 Å². The van der Waals surface area contributed by atoms with Gasteiger partial charge in [-0.1, -0.05) is 88.4 Å². The molecule has 2 heterocycles. The van der Waals surface area contributed by atoms with Crippen molar-refractivity contribution >= 4 is 29.4 Å². The van der Waals surface area contributed by atoms with Gasteiger partial charge in [0.25, 0.3) is 0 Å². The average molecular weight is 734 g/mol. The highest BCUT2D eigenvalue weighted by Crippen LogP contribution is 2.29. The molecule has 0 radical (unpaired) electrons. The van der Waals surface area contributed by atoms with E-state index >= 15 is 0 Å². The monoisotopic (exact) mass is 733 g/mol.